The number of benzene rings is 1. The Balaban J connectivity index is 2.46. The fourth-order valence-electron chi connectivity index (χ4n) is 1.57. The molecule has 2 aromatic rings. The van der Waals surface area contributed by atoms with Crippen LogP contribution in [0.4, 0.5) is 8.78 Å². The molecule has 0 unspecified atom stereocenters. The van der Waals surface area contributed by atoms with Crippen LogP contribution in [-0.2, 0) is 11.8 Å². The highest BCUT2D eigenvalue weighted by atomic mass is 19.1. The molecule has 0 spiro atoms. The van der Waals surface area contributed by atoms with Crippen LogP contribution in [-0.4, -0.2) is 27.3 Å². The van der Waals surface area contributed by atoms with Gasteiger partial charge in [-0.05, 0) is 25.1 Å². The third-order valence-corrected chi connectivity index (χ3v) is 2.39. The number of aromatic nitrogens is 3. The number of ether oxygens (including phenoxy) is 1. The third kappa shape index (κ3) is 2.59. The standard InChI is InChI=1S/C12H11F2N3O2/c1-3-19-12(18)10-15-11(17(2)16-10)8-6-7(13)4-5-9(8)14/h4-6H,3H2,1-2H3. The lowest BCUT2D eigenvalue weighted by atomic mass is 10.2. The summed E-state index contributed by atoms with van der Waals surface area (Å²) in [7, 11) is 1.48. The third-order valence-electron chi connectivity index (χ3n) is 2.39. The number of carbonyl (C=O) groups excluding carboxylic acids is 1. The van der Waals surface area contributed by atoms with Gasteiger partial charge in [0.15, 0.2) is 5.82 Å². The van der Waals surface area contributed by atoms with Gasteiger partial charge < -0.3 is 4.74 Å². The first-order valence-corrected chi connectivity index (χ1v) is 5.56. The molecule has 0 saturated carbocycles. The van der Waals surface area contributed by atoms with Crippen molar-refractivity contribution in [3.8, 4) is 11.4 Å². The fourth-order valence-corrected chi connectivity index (χ4v) is 1.57. The molecule has 100 valence electrons. The summed E-state index contributed by atoms with van der Waals surface area (Å²) >= 11 is 0. The zero-order valence-electron chi connectivity index (χ0n) is 10.4. The second kappa shape index (κ2) is 5.13. The predicted molar refractivity (Wildman–Crippen MR) is 62.3 cm³/mol. The first-order chi connectivity index (χ1) is 9.02. The van der Waals surface area contributed by atoms with E-state index in [0.29, 0.717) is 0 Å². The Morgan fingerprint density at radius 3 is 2.84 bits per heavy atom. The van der Waals surface area contributed by atoms with Crippen molar-refractivity contribution in [3.05, 3.63) is 35.7 Å². The van der Waals surface area contributed by atoms with Crippen molar-refractivity contribution in [3.63, 3.8) is 0 Å². The Bertz CT molecular complexity index is 625. The Kier molecular flexibility index (Phi) is 3.55. The summed E-state index contributed by atoms with van der Waals surface area (Å²) in [6, 6.07) is 2.99. The van der Waals surface area contributed by atoms with Crippen molar-refractivity contribution in [2.75, 3.05) is 6.61 Å². The fraction of sp³-hybridized carbons (Fsp3) is 0.250. The van der Waals surface area contributed by atoms with Gasteiger partial charge in [-0.2, -0.15) is 0 Å². The minimum Gasteiger partial charge on any atom is -0.460 e. The number of aryl methyl sites for hydroxylation is 1. The summed E-state index contributed by atoms with van der Waals surface area (Å²) in [5.74, 6) is -2.09. The van der Waals surface area contributed by atoms with Crippen molar-refractivity contribution >= 4 is 5.97 Å². The molecule has 2 rings (SSSR count). The van der Waals surface area contributed by atoms with E-state index in [9.17, 15) is 13.6 Å². The zero-order valence-corrected chi connectivity index (χ0v) is 10.4. The Morgan fingerprint density at radius 1 is 1.42 bits per heavy atom. The lowest BCUT2D eigenvalue weighted by Gasteiger charge is -2.01. The van der Waals surface area contributed by atoms with Crippen LogP contribution in [0.15, 0.2) is 18.2 Å². The van der Waals surface area contributed by atoms with Crippen LogP contribution >= 0.6 is 0 Å². The molecule has 5 nitrogen and oxygen atoms in total. The molecule has 1 aromatic heterocycles. The molecule has 1 aromatic carbocycles. The topological polar surface area (TPSA) is 57.0 Å². The van der Waals surface area contributed by atoms with Crippen LogP contribution in [0.2, 0.25) is 0 Å². The number of carbonyl (C=O) groups is 1. The maximum atomic E-state index is 13.6. The Morgan fingerprint density at radius 2 is 2.16 bits per heavy atom. The van der Waals surface area contributed by atoms with E-state index in [4.69, 9.17) is 4.74 Å². The maximum Gasteiger partial charge on any atom is 0.378 e. The summed E-state index contributed by atoms with van der Waals surface area (Å²) in [4.78, 5) is 15.3. The van der Waals surface area contributed by atoms with Crippen molar-refractivity contribution in [2.24, 2.45) is 7.05 Å². The van der Waals surface area contributed by atoms with Crippen molar-refractivity contribution in [1.82, 2.24) is 14.8 Å². The number of hydrogen-bond donors (Lipinski definition) is 0. The van der Waals surface area contributed by atoms with Gasteiger partial charge in [-0.3, -0.25) is 0 Å². The van der Waals surface area contributed by atoms with Gasteiger partial charge >= 0.3 is 5.97 Å². The van der Waals surface area contributed by atoms with Crippen LogP contribution in [0.5, 0.6) is 0 Å². The summed E-state index contributed by atoms with van der Waals surface area (Å²) in [5, 5.41) is 3.82. The normalized spacial score (nSPS) is 10.5. The highest BCUT2D eigenvalue weighted by molar-refractivity contribution is 5.85. The number of nitrogens with zero attached hydrogens (tertiary/aromatic N) is 3. The van der Waals surface area contributed by atoms with E-state index in [1.807, 2.05) is 0 Å². The molecule has 0 atom stereocenters. The van der Waals surface area contributed by atoms with Crippen LogP contribution in [0.3, 0.4) is 0 Å². The van der Waals surface area contributed by atoms with Gasteiger partial charge in [-0.25, -0.2) is 23.2 Å². The number of hydrogen-bond acceptors (Lipinski definition) is 4. The molecule has 0 bridgehead atoms. The van der Waals surface area contributed by atoms with Crippen LogP contribution < -0.4 is 0 Å². The van der Waals surface area contributed by atoms with Crippen LogP contribution in [0, 0.1) is 11.6 Å². The van der Waals surface area contributed by atoms with E-state index in [0.717, 1.165) is 18.2 Å². The molecule has 0 aliphatic heterocycles. The molecule has 19 heavy (non-hydrogen) atoms. The SMILES string of the molecule is CCOC(=O)c1nc(-c2cc(F)ccc2F)n(C)n1. The molecule has 1 heterocycles. The summed E-state index contributed by atoms with van der Waals surface area (Å²) < 4.78 is 32.7. The van der Waals surface area contributed by atoms with Gasteiger partial charge in [-0.15, -0.1) is 5.10 Å². The van der Waals surface area contributed by atoms with Crippen molar-refractivity contribution in [1.29, 1.82) is 0 Å². The average molecular weight is 267 g/mol. The van der Waals surface area contributed by atoms with E-state index in [2.05, 4.69) is 10.1 Å². The van der Waals surface area contributed by atoms with Gasteiger partial charge in [0.2, 0.25) is 0 Å². The maximum absolute atomic E-state index is 13.6. The highest BCUT2D eigenvalue weighted by Crippen LogP contribution is 2.21. The van der Waals surface area contributed by atoms with Gasteiger partial charge in [0.1, 0.15) is 11.6 Å². The molecule has 0 fully saturated rings. The van der Waals surface area contributed by atoms with Crippen LogP contribution in [0.1, 0.15) is 17.5 Å². The molecule has 0 saturated heterocycles. The van der Waals surface area contributed by atoms with E-state index in [-0.39, 0.29) is 23.8 Å². The lowest BCUT2D eigenvalue weighted by molar-refractivity contribution is 0.0512. The van der Waals surface area contributed by atoms with Gasteiger partial charge in [0.05, 0.1) is 12.2 Å². The molecular weight excluding hydrogens is 256 g/mol. The summed E-state index contributed by atoms with van der Waals surface area (Å²) in [5.41, 5.74) is -0.0643. The smallest absolute Gasteiger partial charge is 0.378 e. The second-order valence-corrected chi connectivity index (χ2v) is 3.73. The predicted octanol–water partition coefficient (Wildman–Crippen LogP) is 1.94. The first-order valence-electron chi connectivity index (χ1n) is 5.56. The number of esters is 1. The largest absolute Gasteiger partial charge is 0.460 e. The molecule has 0 N–H and O–H groups in total. The van der Waals surface area contributed by atoms with Crippen molar-refractivity contribution in [2.45, 2.75) is 6.92 Å². The molecule has 0 aliphatic carbocycles. The number of halogens is 2. The van der Waals surface area contributed by atoms with Gasteiger partial charge in [0.25, 0.3) is 5.82 Å². The minimum atomic E-state index is -0.707. The first kappa shape index (κ1) is 13.1. The van der Waals surface area contributed by atoms with E-state index in [1.165, 1.54) is 11.7 Å². The zero-order chi connectivity index (χ0) is 14.0. The van der Waals surface area contributed by atoms with Crippen LogP contribution in [0.25, 0.3) is 11.4 Å². The number of rotatable bonds is 3. The quantitative estimate of drug-likeness (QED) is 0.797. The molecule has 7 heteroatoms. The summed E-state index contributed by atoms with van der Waals surface area (Å²) in [6.45, 7) is 1.83. The van der Waals surface area contributed by atoms with E-state index in [1.54, 1.807) is 6.92 Å². The Hall–Kier alpha value is -2.31. The van der Waals surface area contributed by atoms with Gasteiger partial charge in [-0.1, -0.05) is 0 Å². The average Bonchev–Trinajstić information content (AvgIpc) is 2.75. The monoisotopic (exact) mass is 267 g/mol. The minimum absolute atomic E-state index is 0.0556. The highest BCUT2D eigenvalue weighted by Gasteiger charge is 2.19. The molecule has 0 amide bonds. The molecular formula is C12H11F2N3O2. The van der Waals surface area contributed by atoms with E-state index >= 15 is 0 Å². The summed E-state index contributed by atoms with van der Waals surface area (Å²) in [6.07, 6.45) is 0. The lowest BCUT2D eigenvalue weighted by Crippen LogP contribution is -2.07. The van der Waals surface area contributed by atoms with Gasteiger partial charge in [0, 0.05) is 7.05 Å². The second-order valence-electron chi connectivity index (χ2n) is 3.73. The van der Waals surface area contributed by atoms with Crippen molar-refractivity contribution < 1.29 is 18.3 Å². The molecule has 0 radical (unpaired) electrons. The Labute approximate surface area is 107 Å². The molecule has 0 aliphatic rings. The van der Waals surface area contributed by atoms with E-state index < -0.39 is 17.6 Å².